The van der Waals surface area contributed by atoms with Crippen molar-refractivity contribution in [1.82, 2.24) is 0 Å². The van der Waals surface area contributed by atoms with Crippen molar-refractivity contribution in [3.05, 3.63) is 29.8 Å². The maximum absolute atomic E-state index is 10.9. The number of ether oxygens (including phenoxy) is 1. The molecule has 1 aromatic rings. The van der Waals surface area contributed by atoms with Gasteiger partial charge in [-0.05, 0) is 48.8 Å². The maximum atomic E-state index is 10.9. The average Bonchev–Trinajstić information content (AvgIpc) is 2.92. The third-order valence-electron chi connectivity index (χ3n) is 5.34. The third-order valence-corrected chi connectivity index (χ3v) is 5.34. The van der Waals surface area contributed by atoms with Gasteiger partial charge in [0.2, 0.25) is 0 Å². The van der Waals surface area contributed by atoms with Crippen LogP contribution < -0.4 is 4.74 Å². The van der Waals surface area contributed by atoms with Crippen LogP contribution in [0.5, 0.6) is 5.75 Å². The Labute approximate surface area is 115 Å². The van der Waals surface area contributed by atoms with Gasteiger partial charge >= 0.3 is 0 Å². The first kappa shape index (κ1) is 13.0. The molecule has 0 aromatic heterocycles. The minimum absolute atomic E-state index is 0.155. The van der Waals surface area contributed by atoms with Crippen molar-refractivity contribution in [1.29, 1.82) is 0 Å². The first-order valence-corrected chi connectivity index (χ1v) is 7.57. The molecule has 104 valence electrons. The molecule has 0 unspecified atom stereocenters. The van der Waals surface area contributed by atoms with Crippen LogP contribution in [0.15, 0.2) is 24.3 Å². The van der Waals surface area contributed by atoms with Crippen molar-refractivity contribution in [2.24, 2.45) is 5.41 Å². The molecule has 0 amide bonds. The lowest BCUT2D eigenvalue weighted by Crippen LogP contribution is -2.40. The molecule has 19 heavy (non-hydrogen) atoms. The first-order valence-electron chi connectivity index (χ1n) is 7.57. The second-order valence-corrected chi connectivity index (χ2v) is 6.29. The molecule has 1 spiro atoms. The molecular formula is C17H24O2. The molecule has 2 saturated carbocycles. The molecule has 0 saturated heterocycles. The number of hydrogen-bond acceptors (Lipinski definition) is 2. The Hall–Kier alpha value is -1.02. The van der Waals surface area contributed by atoms with Crippen molar-refractivity contribution in [2.75, 3.05) is 7.11 Å². The van der Waals surface area contributed by atoms with Gasteiger partial charge in [0.15, 0.2) is 0 Å². The van der Waals surface area contributed by atoms with Crippen LogP contribution >= 0.6 is 0 Å². The molecule has 2 fully saturated rings. The van der Waals surface area contributed by atoms with Crippen molar-refractivity contribution >= 4 is 0 Å². The molecule has 1 N–H and O–H groups in total. The second-order valence-electron chi connectivity index (χ2n) is 6.29. The van der Waals surface area contributed by atoms with Crippen LogP contribution in [0.1, 0.15) is 56.4 Å². The normalized spacial score (nSPS) is 29.6. The van der Waals surface area contributed by atoms with Gasteiger partial charge in [-0.3, -0.25) is 0 Å². The zero-order valence-electron chi connectivity index (χ0n) is 11.8. The van der Waals surface area contributed by atoms with Gasteiger partial charge in [-0.25, -0.2) is 0 Å². The Bertz CT molecular complexity index is 417. The van der Waals surface area contributed by atoms with E-state index in [1.807, 2.05) is 12.1 Å². The zero-order valence-corrected chi connectivity index (χ0v) is 11.8. The topological polar surface area (TPSA) is 29.5 Å². The van der Waals surface area contributed by atoms with Crippen LogP contribution in [0.25, 0.3) is 0 Å². The third kappa shape index (κ3) is 2.27. The van der Waals surface area contributed by atoms with E-state index >= 15 is 0 Å². The fraction of sp³-hybridized carbons (Fsp3) is 0.647. The predicted octanol–water partition coefficient (Wildman–Crippen LogP) is 3.88. The highest BCUT2D eigenvalue weighted by Crippen LogP contribution is 2.53. The Morgan fingerprint density at radius 2 is 1.68 bits per heavy atom. The summed E-state index contributed by atoms with van der Waals surface area (Å²) in [6, 6.07) is 8.28. The van der Waals surface area contributed by atoms with E-state index in [1.165, 1.54) is 44.1 Å². The molecule has 0 heterocycles. The lowest BCUT2D eigenvalue weighted by molar-refractivity contribution is -0.0242. The summed E-state index contributed by atoms with van der Waals surface area (Å²) < 4.78 is 5.21. The Balaban J connectivity index is 1.82. The van der Waals surface area contributed by atoms with Crippen LogP contribution in [0.3, 0.4) is 0 Å². The molecule has 2 atom stereocenters. The number of benzene rings is 1. The quantitative estimate of drug-likeness (QED) is 0.874. The van der Waals surface area contributed by atoms with Crippen molar-refractivity contribution < 1.29 is 9.84 Å². The summed E-state index contributed by atoms with van der Waals surface area (Å²) in [7, 11) is 1.69. The summed E-state index contributed by atoms with van der Waals surface area (Å²) in [5, 5.41) is 10.9. The summed E-state index contributed by atoms with van der Waals surface area (Å²) in [5.41, 5.74) is 1.50. The zero-order chi connectivity index (χ0) is 13.3. The van der Waals surface area contributed by atoms with Crippen LogP contribution in [-0.2, 0) is 0 Å². The maximum Gasteiger partial charge on any atom is 0.118 e. The van der Waals surface area contributed by atoms with E-state index in [4.69, 9.17) is 4.74 Å². The minimum atomic E-state index is -0.155. The van der Waals surface area contributed by atoms with E-state index in [1.54, 1.807) is 7.11 Å². The standard InChI is InChI=1S/C17H24O2/c1-19-14-8-6-13(7-9-14)15-5-4-12-17(16(15)18)10-2-3-11-17/h6-9,15-16,18H,2-5,10-12H2,1H3/t15-,16-/m0/s1. The Kier molecular flexibility index (Phi) is 3.53. The molecule has 2 nitrogen and oxygen atoms in total. The van der Waals surface area contributed by atoms with Gasteiger partial charge in [0.05, 0.1) is 13.2 Å². The molecular weight excluding hydrogens is 236 g/mol. The first-order chi connectivity index (χ1) is 9.25. The predicted molar refractivity (Wildman–Crippen MR) is 76.5 cm³/mol. The molecule has 2 aliphatic carbocycles. The van der Waals surface area contributed by atoms with Crippen LogP contribution in [0, 0.1) is 5.41 Å². The Morgan fingerprint density at radius 3 is 2.32 bits per heavy atom. The highest BCUT2D eigenvalue weighted by Gasteiger charge is 2.46. The van der Waals surface area contributed by atoms with E-state index in [-0.39, 0.29) is 11.5 Å². The molecule has 0 bridgehead atoms. The van der Waals surface area contributed by atoms with Gasteiger partial charge in [-0.1, -0.05) is 31.4 Å². The number of rotatable bonds is 2. The van der Waals surface area contributed by atoms with Gasteiger partial charge in [0.1, 0.15) is 5.75 Å². The van der Waals surface area contributed by atoms with Crippen molar-refractivity contribution in [2.45, 2.75) is 57.0 Å². The molecule has 3 rings (SSSR count). The lowest BCUT2D eigenvalue weighted by atomic mass is 9.64. The molecule has 0 radical (unpaired) electrons. The van der Waals surface area contributed by atoms with E-state index in [0.29, 0.717) is 5.92 Å². The fourth-order valence-corrected chi connectivity index (χ4v) is 4.23. The van der Waals surface area contributed by atoms with Gasteiger partial charge < -0.3 is 9.84 Å². The number of hydrogen-bond donors (Lipinski definition) is 1. The summed E-state index contributed by atoms with van der Waals surface area (Å²) in [6.07, 6.45) is 8.49. The number of aliphatic hydroxyl groups excluding tert-OH is 1. The summed E-state index contributed by atoms with van der Waals surface area (Å²) in [5.74, 6) is 1.21. The van der Waals surface area contributed by atoms with E-state index in [0.717, 1.165) is 12.2 Å². The monoisotopic (exact) mass is 260 g/mol. The summed E-state index contributed by atoms with van der Waals surface area (Å²) in [4.78, 5) is 0. The van der Waals surface area contributed by atoms with Crippen molar-refractivity contribution in [3.8, 4) is 5.75 Å². The SMILES string of the molecule is COc1ccc([C@@H]2CCCC3(CCCC3)[C@H]2O)cc1. The van der Waals surface area contributed by atoms with Gasteiger partial charge in [0.25, 0.3) is 0 Å². The minimum Gasteiger partial charge on any atom is -0.497 e. The molecule has 2 aliphatic rings. The van der Waals surface area contributed by atoms with Crippen LogP contribution in [0.4, 0.5) is 0 Å². The highest BCUT2D eigenvalue weighted by molar-refractivity contribution is 5.31. The molecule has 1 aromatic carbocycles. The molecule has 2 heteroatoms. The number of aliphatic hydroxyl groups is 1. The largest absolute Gasteiger partial charge is 0.497 e. The number of methoxy groups -OCH3 is 1. The van der Waals surface area contributed by atoms with Gasteiger partial charge in [-0.15, -0.1) is 0 Å². The smallest absolute Gasteiger partial charge is 0.118 e. The van der Waals surface area contributed by atoms with E-state index in [9.17, 15) is 5.11 Å². The summed E-state index contributed by atoms with van der Waals surface area (Å²) in [6.45, 7) is 0. The average molecular weight is 260 g/mol. The lowest BCUT2D eigenvalue weighted by Gasteiger charge is -2.43. The van der Waals surface area contributed by atoms with E-state index < -0.39 is 0 Å². The summed E-state index contributed by atoms with van der Waals surface area (Å²) >= 11 is 0. The highest BCUT2D eigenvalue weighted by atomic mass is 16.5. The second kappa shape index (κ2) is 5.16. The molecule has 0 aliphatic heterocycles. The van der Waals surface area contributed by atoms with Crippen LogP contribution in [0.2, 0.25) is 0 Å². The van der Waals surface area contributed by atoms with Gasteiger partial charge in [0, 0.05) is 5.92 Å². The van der Waals surface area contributed by atoms with Gasteiger partial charge in [-0.2, -0.15) is 0 Å². The Morgan fingerprint density at radius 1 is 1.05 bits per heavy atom. The fourth-order valence-electron chi connectivity index (χ4n) is 4.23. The van der Waals surface area contributed by atoms with Crippen molar-refractivity contribution in [3.63, 3.8) is 0 Å². The van der Waals surface area contributed by atoms with Crippen LogP contribution in [-0.4, -0.2) is 18.3 Å². The van der Waals surface area contributed by atoms with E-state index in [2.05, 4.69) is 12.1 Å².